The lowest BCUT2D eigenvalue weighted by molar-refractivity contribution is 0.0697. The Labute approximate surface area is 118 Å². The van der Waals surface area contributed by atoms with Crippen LogP contribution in [0.2, 0.25) is 0 Å². The summed E-state index contributed by atoms with van der Waals surface area (Å²) < 4.78 is 5.45. The molecule has 0 fully saturated rings. The Kier molecular flexibility index (Phi) is 4.25. The van der Waals surface area contributed by atoms with Gasteiger partial charge in [-0.1, -0.05) is 6.07 Å². The van der Waals surface area contributed by atoms with Crippen LogP contribution in [0.5, 0.6) is 5.75 Å². The normalized spacial score (nSPS) is 10.1. The van der Waals surface area contributed by atoms with E-state index >= 15 is 0 Å². The number of hydrogen-bond acceptors (Lipinski definition) is 3. The predicted molar refractivity (Wildman–Crippen MR) is 79.0 cm³/mol. The number of aryl methyl sites for hydroxylation is 1. The number of aromatic carboxylic acids is 1. The maximum absolute atomic E-state index is 10.9. The van der Waals surface area contributed by atoms with Crippen molar-refractivity contribution < 1.29 is 14.6 Å². The molecule has 0 aliphatic rings. The summed E-state index contributed by atoms with van der Waals surface area (Å²) in [6, 6.07) is 12.7. The first-order valence-corrected chi connectivity index (χ1v) is 6.44. The van der Waals surface area contributed by atoms with Gasteiger partial charge in [0, 0.05) is 17.4 Å². The van der Waals surface area contributed by atoms with E-state index in [2.05, 4.69) is 5.32 Å². The van der Waals surface area contributed by atoms with Crippen LogP contribution in [-0.4, -0.2) is 17.7 Å². The SMILES string of the molecule is CCOc1cccc(Nc2ccc(C(=O)O)cc2C)c1. The minimum atomic E-state index is -0.919. The van der Waals surface area contributed by atoms with Crippen LogP contribution in [0.15, 0.2) is 42.5 Å². The Bertz CT molecular complexity index is 623. The van der Waals surface area contributed by atoms with E-state index in [4.69, 9.17) is 9.84 Å². The highest BCUT2D eigenvalue weighted by atomic mass is 16.5. The number of anilines is 2. The molecular weight excluding hydrogens is 254 g/mol. The molecule has 0 saturated heterocycles. The van der Waals surface area contributed by atoms with Crippen LogP contribution in [0.25, 0.3) is 0 Å². The van der Waals surface area contributed by atoms with Crippen molar-refractivity contribution in [3.05, 3.63) is 53.6 Å². The maximum Gasteiger partial charge on any atom is 0.335 e. The quantitative estimate of drug-likeness (QED) is 0.867. The minimum Gasteiger partial charge on any atom is -0.494 e. The molecule has 0 aliphatic carbocycles. The lowest BCUT2D eigenvalue weighted by Gasteiger charge is -2.11. The second kappa shape index (κ2) is 6.10. The Morgan fingerprint density at radius 2 is 2.05 bits per heavy atom. The van der Waals surface area contributed by atoms with Crippen LogP contribution in [0, 0.1) is 6.92 Å². The molecule has 0 aliphatic heterocycles. The summed E-state index contributed by atoms with van der Waals surface area (Å²) in [6.07, 6.45) is 0. The topological polar surface area (TPSA) is 58.6 Å². The zero-order valence-corrected chi connectivity index (χ0v) is 11.5. The summed E-state index contributed by atoms with van der Waals surface area (Å²) in [5.41, 5.74) is 2.95. The fourth-order valence-electron chi connectivity index (χ4n) is 1.92. The monoisotopic (exact) mass is 271 g/mol. The summed E-state index contributed by atoms with van der Waals surface area (Å²) in [6.45, 7) is 4.44. The molecule has 0 spiro atoms. The number of nitrogens with one attached hydrogen (secondary N) is 1. The molecule has 2 aromatic rings. The molecule has 0 bridgehead atoms. The number of carboxylic acid groups (broad SMARTS) is 1. The maximum atomic E-state index is 10.9. The Hall–Kier alpha value is -2.49. The highest BCUT2D eigenvalue weighted by molar-refractivity contribution is 5.88. The van der Waals surface area contributed by atoms with Crippen molar-refractivity contribution in [3.63, 3.8) is 0 Å². The van der Waals surface area contributed by atoms with E-state index in [1.165, 1.54) is 0 Å². The highest BCUT2D eigenvalue weighted by Crippen LogP contribution is 2.24. The van der Waals surface area contributed by atoms with Gasteiger partial charge in [0.25, 0.3) is 0 Å². The number of carbonyl (C=O) groups is 1. The van der Waals surface area contributed by atoms with Gasteiger partial charge in [-0.05, 0) is 49.7 Å². The second-order valence-electron chi connectivity index (χ2n) is 4.42. The van der Waals surface area contributed by atoms with Gasteiger partial charge in [0.2, 0.25) is 0 Å². The van der Waals surface area contributed by atoms with Gasteiger partial charge in [0.15, 0.2) is 0 Å². The average Bonchev–Trinajstić information content (AvgIpc) is 2.42. The Morgan fingerprint density at radius 3 is 2.70 bits per heavy atom. The molecule has 0 unspecified atom stereocenters. The van der Waals surface area contributed by atoms with Crippen LogP contribution < -0.4 is 10.1 Å². The molecule has 4 nitrogen and oxygen atoms in total. The lowest BCUT2D eigenvalue weighted by Crippen LogP contribution is -1.99. The molecule has 0 saturated carbocycles. The third kappa shape index (κ3) is 3.29. The van der Waals surface area contributed by atoms with E-state index in [1.54, 1.807) is 18.2 Å². The van der Waals surface area contributed by atoms with Crippen molar-refractivity contribution in [1.29, 1.82) is 0 Å². The van der Waals surface area contributed by atoms with Crippen LogP contribution in [-0.2, 0) is 0 Å². The van der Waals surface area contributed by atoms with Crippen molar-refractivity contribution in [2.24, 2.45) is 0 Å². The van der Waals surface area contributed by atoms with E-state index in [0.29, 0.717) is 6.61 Å². The van der Waals surface area contributed by atoms with Gasteiger partial charge in [-0.25, -0.2) is 4.79 Å². The fourth-order valence-corrected chi connectivity index (χ4v) is 1.92. The first kappa shape index (κ1) is 13.9. The number of hydrogen-bond donors (Lipinski definition) is 2. The minimum absolute atomic E-state index is 0.288. The van der Waals surface area contributed by atoms with Gasteiger partial charge in [0.1, 0.15) is 5.75 Å². The van der Waals surface area contributed by atoms with E-state index in [0.717, 1.165) is 22.7 Å². The van der Waals surface area contributed by atoms with Crippen LogP contribution in [0.1, 0.15) is 22.8 Å². The lowest BCUT2D eigenvalue weighted by atomic mass is 10.1. The Morgan fingerprint density at radius 1 is 1.25 bits per heavy atom. The summed E-state index contributed by atoms with van der Waals surface area (Å²) in [5.74, 6) is -0.115. The molecule has 2 rings (SSSR count). The summed E-state index contributed by atoms with van der Waals surface area (Å²) in [5, 5.41) is 12.2. The molecule has 0 heterocycles. The predicted octanol–water partition coefficient (Wildman–Crippen LogP) is 3.84. The van der Waals surface area contributed by atoms with Crippen LogP contribution in [0.3, 0.4) is 0 Å². The summed E-state index contributed by atoms with van der Waals surface area (Å²) >= 11 is 0. The van der Waals surface area contributed by atoms with Gasteiger partial charge in [-0.2, -0.15) is 0 Å². The third-order valence-electron chi connectivity index (χ3n) is 2.90. The molecule has 20 heavy (non-hydrogen) atoms. The van der Waals surface area contributed by atoms with E-state index in [9.17, 15) is 4.79 Å². The van der Waals surface area contributed by atoms with Crippen molar-refractivity contribution in [2.45, 2.75) is 13.8 Å². The first-order chi connectivity index (χ1) is 9.60. The summed E-state index contributed by atoms with van der Waals surface area (Å²) in [7, 11) is 0. The average molecular weight is 271 g/mol. The van der Waals surface area contributed by atoms with Crippen LogP contribution in [0.4, 0.5) is 11.4 Å². The van der Waals surface area contributed by atoms with Crippen molar-refractivity contribution in [2.75, 3.05) is 11.9 Å². The van der Waals surface area contributed by atoms with Gasteiger partial charge < -0.3 is 15.2 Å². The standard InChI is InChI=1S/C16H17NO3/c1-3-20-14-6-4-5-13(10-14)17-15-8-7-12(16(18)19)9-11(15)2/h4-10,17H,3H2,1-2H3,(H,18,19). The number of benzene rings is 2. The molecule has 0 atom stereocenters. The van der Waals surface area contributed by atoms with Crippen molar-refractivity contribution in [3.8, 4) is 5.75 Å². The zero-order chi connectivity index (χ0) is 14.5. The zero-order valence-electron chi connectivity index (χ0n) is 11.5. The number of rotatable bonds is 5. The third-order valence-corrected chi connectivity index (χ3v) is 2.90. The molecule has 0 radical (unpaired) electrons. The van der Waals surface area contributed by atoms with Gasteiger partial charge >= 0.3 is 5.97 Å². The van der Waals surface area contributed by atoms with Gasteiger partial charge in [-0.15, -0.1) is 0 Å². The Balaban J connectivity index is 2.21. The fraction of sp³-hybridized carbons (Fsp3) is 0.188. The molecule has 0 aromatic heterocycles. The highest BCUT2D eigenvalue weighted by Gasteiger charge is 2.06. The molecule has 0 amide bonds. The van der Waals surface area contributed by atoms with E-state index in [-0.39, 0.29) is 5.56 Å². The van der Waals surface area contributed by atoms with Crippen molar-refractivity contribution >= 4 is 17.3 Å². The molecule has 104 valence electrons. The smallest absolute Gasteiger partial charge is 0.335 e. The molecule has 2 N–H and O–H groups in total. The van der Waals surface area contributed by atoms with E-state index in [1.807, 2.05) is 38.1 Å². The van der Waals surface area contributed by atoms with E-state index < -0.39 is 5.97 Å². The largest absolute Gasteiger partial charge is 0.494 e. The molecular formula is C16H17NO3. The second-order valence-corrected chi connectivity index (χ2v) is 4.42. The van der Waals surface area contributed by atoms with Gasteiger partial charge in [0.05, 0.1) is 12.2 Å². The summed E-state index contributed by atoms with van der Waals surface area (Å²) in [4.78, 5) is 10.9. The van der Waals surface area contributed by atoms with Crippen molar-refractivity contribution in [1.82, 2.24) is 0 Å². The first-order valence-electron chi connectivity index (χ1n) is 6.44. The van der Waals surface area contributed by atoms with Crippen LogP contribution >= 0.6 is 0 Å². The number of carboxylic acids is 1. The molecule has 2 aromatic carbocycles. The molecule has 4 heteroatoms. The number of ether oxygens (including phenoxy) is 1. The van der Waals surface area contributed by atoms with Gasteiger partial charge in [-0.3, -0.25) is 0 Å².